The fraction of sp³-hybridized carbons (Fsp3) is 0.250. The molecular formula is C16H17N3O4S2. The van der Waals surface area contributed by atoms with Crippen molar-refractivity contribution in [2.24, 2.45) is 7.05 Å². The molecule has 0 atom stereocenters. The van der Waals surface area contributed by atoms with Crippen LogP contribution in [-0.4, -0.2) is 43.4 Å². The van der Waals surface area contributed by atoms with Crippen molar-refractivity contribution in [2.45, 2.75) is 16.7 Å². The van der Waals surface area contributed by atoms with E-state index in [0.29, 0.717) is 22.6 Å². The Hall–Kier alpha value is -2.26. The lowest BCUT2D eigenvalue weighted by atomic mass is 10.2. The molecule has 0 saturated carbocycles. The normalized spacial score (nSPS) is 12.6. The second-order valence-electron chi connectivity index (χ2n) is 5.68. The Morgan fingerprint density at radius 3 is 2.44 bits per heavy atom. The molecule has 3 rings (SSSR count). The standard InChI is InChI=1S/C16H17N3O4S2/c1-4-25(22,23)14-8-6-5-7-12(14)15-18-13-9-11(24(3,20)21)10-17-16(13)19(15)2/h5-10H,4H2,1-3H3. The highest BCUT2D eigenvalue weighted by molar-refractivity contribution is 7.91. The number of aryl methyl sites for hydroxylation is 1. The highest BCUT2D eigenvalue weighted by atomic mass is 32.2. The van der Waals surface area contributed by atoms with Gasteiger partial charge in [0.1, 0.15) is 11.3 Å². The zero-order valence-corrected chi connectivity index (χ0v) is 15.6. The number of hydrogen-bond acceptors (Lipinski definition) is 6. The second kappa shape index (κ2) is 5.92. The minimum Gasteiger partial charge on any atom is -0.312 e. The first kappa shape index (κ1) is 17.6. The molecule has 0 spiro atoms. The number of pyridine rings is 1. The second-order valence-corrected chi connectivity index (χ2v) is 9.94. The molecule has 0 aliphatic rings. The predicted octanol–water partition coefficient (Wildman–Crippen LogP) is 1.83. The van der Waals surface area contributed by atoms with Gasteiger partial charge >= 0.3 is 0 Å². The van der Waals surface area contributed by atoms with E-state index in [1.807, 2.05) is 0 Å². The van der Waals surface area contributed by atoms with Gasteiger partial charge in [-0.05, 0) is 18.2 Å². The van der Waals surface area contributed by atoms with Crippen molar-refractivity contribution in [3.05, 3.63) is 36.5 Å². The van der Waals surface area contributed by atoms with Gasteiger partial charge in [-0.15, -0.1) is 0 Å². The van der Waals surface area contributed by atoms with E-state index in [1.54, 1.807) is 42.8 Å². The van der Waals surface area contributed by atoms with Gasteiger partial charge in [0.2, 0.25) is 0 Å². The molecule has 7 nitrogen and oxygen atoms in total. The molecule has 3 aromatic rings. The van der Waals surface area contributed by atoms with Crippen LogP contribution in [0.25, 0.3) is 22.6 Å². The summed E-state index contributed by atoms with van der Waals surface area (Å²) in [4.78, 5) is 8.88. The van der Waals surface area contributed by atoms with Crippen LogP contribution in [0.2, 0.25) is 0 Å². The Kier molecular flexibility index (Phi) is 4.16. The van der Waals surface area contributed by atoms with Crippen LogP contribution >= 0.6 is 0 Å². The van der Waals surface area contributed by atoms with Crippen LogP contribution in [0.1, 0.15) is 6.92 Å². The first-order valence-electron chi connectivity index (χ1n) is 7.50. The average molecular weight is 379 g/mol. The summed E-state index contributed by atoms with van der Waals surface area (Å²) in [6.45, 7) is 1.58. The number of nitrogens with zero attached hydrogens (tertiary/aromatic N) is 3. The monoisotopic (exact) mass is 379 g/mol. The van der Waals surface area contributed by atoms with E-state index in [-0.39, 0.29) is 15.5 Å². The van der Waals surface area contributed by atoms with Crippen LogP contribution in [0, 0.1) is 0 Å². The first-order chi connectivity index (χ1) is 11.6. The molecule has 2 heterocycles. The summed E-state index contributed by atoms with van der Waals surface area (Å²) in [6.07, 6.45) is 2.38. The van der Waals surface area contributed by atoms with Crippen molar-refractivity contribution in [1.29, 1.82) is 0 Å². The van der Waals surface area contributed by atoms with Gasteiger partial charge in [0.05, 0.1) is 15.5 Å². The smallest absolute Gasteiger partial charge is 0.178 e. The molecule has 0 saturated heterocycles. The molecule has 9 heteroatoms. The number of rotatable bonds is 4. The fourth-order valence-corrected chi connectivity index (χ4v) is 4.24. The van der Waals surface area contributed by atoms with Crippen molar-refractivity contribution < 1.29 is 16.8 Å². The highest BCUT2D eigenvalue weighted by Gasteiger charge is 2.21. The Morgan fingerprint density at radius 2 is 1.80 bits per heavy atom. The van der Waals surface area contributed by atoms with E-state index in [0.717, 1.165) is 6.26 Å². The van der Waals surface area contributed by atoms with Gasteiger partial charge in [0.15, 0.2) is 25.3 Å². The van der Waals surface area contributed by atoms with Crippen molar-refractivity contribution >= 4 is 30.8 Å². The Labute approximate surface area is 146 Å². The lowest BCUT2D eigenvalue weighted by Gasteiger charge is -2.09. The van der Waals surface area contributed by atoms with Gasteiger partial charge in [0.25, 0.3) is 0 Å². The summed E-state index contributed by atoms with van der Waals surface area (Å²) in [5.74, 6) is 0.394. The van der Waals surface area contributed by atoms with E-state index in [2.05, 4.69) is 9.97 Å². The molecule has 2 aromatic heterocycles. The molecule has 25 heavy (non-hydrogen) atoms. The number of aromatic nitrogens is 3. The maximum absolute atomic E-state index is 12.4. The van der Waals surface area contributed by atoms with Gasteiger partial charge in [0, 0.05) is 25.1 Å². The molecule has 132 valence electrons. The Bertz CT molecular complexity index is 1180. The zero-order valence-electron chi connectivity index (χ0n) is 14.0. The van der Waals surface area contributed by atoms with Crippen molar-refractivity contribution in [1.82, 2.24) is 14.5 Å². The topological polar surface area (TPSA) is 99.0 Å². The van der Waals surface area contributed by atoms with E-state index in [1.165, 1.54) is 12.3 Å². The number of sulfone groups is 2. The van der Waals surface area contributed by atoms with Crippen LogP contribution in [0.3, 0.4) is 0 Å². The first-order valence-corrected chi connectivity index (χ1v) is 11.0. The quantitative estimate of drug-likeness (QED) is 0.686. The maximum Gasteiger partial charge on any atom is 0.178 e. The molecular weight excluding hydrogens is 362 g/mol. The summed E-state index contributed by atoms with van der Waals surface area (Å²) in [5, 5.41) is 0. The van der Waals surface area contributed by atoms with Gasteiger partial charge in [-0.1, -0.05) is 19.1 Å². The lowest BCUT2D eigenvalue weighted by molar-refractivity contribution is 0.597. The number of fused-ring (bicyclic) bond motifs is 1. The number of benzene rings is 1. The maximum atomic E-state index is 12.4. The van der Waals surface area contributed by atoms with Gasteiger partial charge in [-0.2, -0.15) is 0 Å². The molecule has 0 unspecified atom stereocenters. The summed E-state index contributed by atoms with van der Waals surface area (Å²) in [7, 11) is -5.12. The van der Waals surface area contributed by atoms with E-state index < -0.39 is 19.7 Å². The minimum absolute atomic E-state index is 0.0234. The van der Waals surface area contributed by atoms with E-state index in [9.17, 15) is 16.8 Å². The summed E-state index contributed by atoms with van der Waals surface area (Å²) >= 11 is 0. The third kappa shape index (κ3) is 3.05. The third-order valence-corrected chi connectivity index (χ3v) is 6.82. The SMILES string of the molecule is CCS(=O)(=O)c1ccccc1-c1nc2cc(S(C)(=O)=O)cnc2n1C. The molecule has 0 amide bonds. The lowest BCUT2D eigenvalue weighted by Crippen LogP contribution is -2.07. The molecule has 0 fully saturated rings. The van der Waals surface area contributed by atoms with Crippen LogP contribution in [0.15, 0.2) is 46.3 Å². The molecule has 0 bridgehead atoms. The highest BCUT2D eigenvalue weighted by Crippen LogP contribution is 2.29. The third-order valence-electron chi connectivity index (χ3n) is 3.96. The summed E-state index contributed by atoms with van der Waals surface area (Å²) < 4.78 is 49.8. The van der Waals surface area contributed by atoms with Crippen LogP contribution in [-0.2, 0) is 26.7 Å². The minimum atomic E-state index is -3.43. The van der Waals surface area contributed by atoms with E-state index in [4.69, 9.17) is 0 Å². The van der Waals surface area contributed by atoms with E-state index >= 15 is 0 Å². The van der Waals surface area contributed by atoms with Gasteiger partial charge in [-0.25, -0.2) is 26.8 Å². The molecule has 0 aliphatic carbocycles. The largest absolute Gasteiger partial charge is 0.312 e. The predicted molar refractivity (Wildman–Crippen MR) is 94.8 cm³/mol. The molecule has 0 N–H and O–H groups in total. The molecule has 0 aliphatic heterocycles. The summed E-state index contributed by atoms with van der Waals surface area (Å²) in [5.41, 5.74) is 1.33. The van der Waals surface area contributed by atoms with Crippen LogP contribution in [0.4, 0.5) is 0 Å². The van der Waals surface area contributed by atoms with Crippen LogP contribution < -0.4 is 0 Å². The van der Waals surface area contributed by atoms with Crippen LogP contribution in [0.5, 0.6) is 0 Å². The number of imidazole rings is 1. The van der Waals surface area contributed by atoms with Crippen molar-refractivity contribution in [3.8, 4) is 11.4 Å². The van der Waals surface area contributed by atoms with Crippen molar-refractivity contribution in [2.75, 3.05) is 12.0 Å². The summed E-state index contributed by atoms with van der Waals surface area (Å²) in [6, 6.07) is 8.07. The zero-order chi connectivity index (χ0) is 18.4. The van der Waals surface area contributed by atoms with Gasteiger partial charge in [-0.3, -0.25) is 0 Å². The average Bonchev–Trinajstić information content (AvgIpc) is 2.90. The molecule has 1 aromatic carbocycles. The fourth-order valence-electron chi connectivity index (χ4n) is 2.58. The number of hydrogen-bond donors (Lipinski definition) is 0. The van der Waals surface area contributed by atoms with Gasteiger partial charge < -0.3 is 4.57 Å². The molecule has 0 radical (unpaired) electrons. The Morgan fingerprint density at radius 1 is 1.12 bits per heavy atom. The Balaban J connectivity index is 2.30. The van der Waals surface area contributed by atoms with Crippen molar-refractivity contribution in [3.63, 3.8) is 0 Å².